The molecule has 1 atom stereocenters. The van der Waals surface area contributed by atoms with Gasteiger partial charge in [-0.15, -0.1) is 0 Å². The van der Waals surface area contributed by atoms with Crippen LogP contribution in [0.5, 0.6) is 0 Å². The number of hydrogen-bond acceptors (Lipinski definition) is 4. The molecule has 0 saturated heterocycles. The lowest BCUT2D eigenvalue weighted by atomic mass is 10.2. The summed E-state index contributed by atoms with van der Waals surface area (Å²) in [6.45, 7) is 7.28. The molecule has 6 heteroatoms. The standard InChI is InChI=1S/C24H23N3O3/c1-15-9-11-20(12-10-15)27-16(2)13-21(17(27)3)24(29)30-18(4)23(28)26-22-8-6-5-7-19(22)14-25/h5-13,18H,1-4H3,(H,26,28). The summed E-state index contributed by atoms with van der Waals surface area (Å²) in [6, 6.07) is 18.4. The van der Waals surface area contributed by atoms with Gasteiger partial charge in [-0.05, 0) is 58.0 Å². The first kappa shape index (κ1) is 20.9. The molecule has 3 aromatic rings. The fourth-order valence-corrected chi connectivity index (χ4v) is 3.26. The van der Waals surface area contributed by atoms with Crippen molar-refractivity contribution in [2.45, 2.75) is 33.8 Å². The minimum Gasteiger partial charge on any atom is -0.449 e. The van der Waals surface area contributed by atoms with E-state index in [1.54, 1.807) is 30.3 Å². The van der Waals surface area contributed by atoms with Crippen molar-refractivity contribution in [2.24, 2.45) is 0 Å². The predicted octanol–water partition coefficient (Wildman–Crippen LogP) is 4.46. The fourth-order valence-electron chi connectivity index (χ4n) is 3.26. The van der Waals surface area contributed by atoms with E-state index in [4.69, 9.17) is 10.00 Å². The van der Waals surface area contributed by atoms with Crippen LogP contribution in [0.25, 0.3) is 5.69 Å². The Morgan fingerprint density at radius 1 is 1.07 bits per heavy atom. The normalized spacial score (nSPS) is 11.4. The predicted molar refractivity (Wildman–Crippen MR) is 115 cm³/mol. The largest absolute Gasteiger partial charge is 0.449 e. The quantitative estimate of drug-likeness (QED) is 0.640. The second-order valence-electron chi connectivity index (χ2n) is 7.15. The lowest BCUT2D eigenvalue weighted by molar-refractivity contribution is -0.123. The van der Waals surface area contributed by atoms with Crippen LogP contribution in [0.3, 0.4) is 0 Å². The molecule has 1 amide bonds. The SMILES string of the molecule is Cc1ccc(-n2c(C)cc(C(=O)OC(C)C(=O)Nc3ccccc3C#N)c2C)cc1. The van der Waals surface area contributed by atoms with E-state index in [2.05, 4.69) is 5.32 Å². The topological polar surface area (TPSA) is 84.1 Å². The van der Waals surface area contributed by atoms with Crippen LogP contribution in [-0.2, 0) is 9.53 Å². The Bertz CT molecular complexity index is 1140. The zero-order valence-corrected chi connectivity index (χ0v) is 17.4. The molecule has 1 heterocycles. The van der Waals surface area contributed by atoms with Gasteiger partial charge < -0.3 is 14.6 Å². The molecule has 30 heavy (non-hydrogen) atoms. The van der Waals surface area contributed by atoms with Gasteiger partial charge in [0.25, 0.3) is 5.91 Å². The second-order valence-corrected chi connectivity index (χ2v) is 7.15. The van der Waals surface area contributed by atoms with E-state index in [0.29, 0.717) is 16.8 Å². The molecule has 0 radical (unpaired) electrons. The number of aromatic nitrogens is 1. The Balaban J connectivity index is 1.76. The van der Waals surface area contributed by atoms with E-state index >= 15 is 0 Å². The maximum atomic E-state index is 12.7. The van der Waals surface area contributed by atoms with E-state index in [-0.39, 0.29) is 0 Å². The van der Waals surface area contributed by atoms with Crippen LogP contribution < -0.4 is 5.32 Å². The maximum absolute atomic E-state index is 12.7. The van der Waals surface area contributed by atoms with Crippen LogP contribution in [0.2, 0.25) is 0 Å². The number of benzene rings is 2. The van der Waals surface area contributed by atoms with Gasteiger partial charge in [-0.3, -0.25) is 4.79 Å². The number of ether oxygens (including phenoxy) is 1. The number of anilines is 1. The van der Waals surface area contributed by atoms with E-state index in [9.17, 15) is 9.59 Å². The number of hydrogen-bond donors (Lipinski definition) is 1. The van der Waals surface area contributed by atoms with Crippen LogP contribution in [0.4, 0.5) is 5.69 Å². The molecule has 0 bridgehead atoms. The average Bonchev–Trinajstić information content (AvgIpc) is 3.03. The monoisotopic (exact) mass is 401 g/mol. The number of aryl methyl sites for hydroxylation is 2. The van der Waals surface area contributed by atoms with Gasteiger partial charge in [0.15, 0.2) is 6.10 Å². The summed E-state index contributed by atoms with van der Waals surface area (Å²) in [5, 5.41) is 11.8. The van der Waals surface area contributed by atoms with Gasteiger partial charge in [-0.25, -0.2) is 4.79 Å². The molecule has 3 rings (SSSR count). The van der Waals surface area contributed by atoms with Gasteiger partial charge in [0, 0.05) is 17.1 Å². The first-order chi connectivity index (χ1) is 14.3. The van der Waals surface area contributed by atoms with Crippen molar-refractivity contribution in [3.8, 4) is 11.8 Å². The van der Waals surface area contributed by atoms with Crippen LogP contribution in [0, 0.1) is 32.1 Å². The van der Waals surface area contributed by atoms with E-state index in [0.717, 1.165) is 22.6 Å². The first-order valence-electron chi connectivity index (χ1n) is 9.58. The lowest BCUT2D eigenvalue weighted by Gasteiger charge is -2.14. The van der Waals surface area contributed by atoms with Crippen LogP contribution >= 0.6 is 0 Å². The zero-order chi connectivity index (χ0) is 21.8. The molecule has 152 valence electrons. The van der Waals surface area contributed by atoms with Gasteiger partial charge in [0.1, 0.15) is 6.07 Å². The van der Waals surface area contributed by atoms with Gasteiger partial charge in [0.2, 0.25) is 0 Å². The molecule has 0 aliphatic rings. The number of esters is 1. The molecule has 0 aliphatic heterocycles. The number of carbonyl (C=O) groups excluding carboxylic acids is 2. The van der Waals surface area contributed by atoms with Gasteiger partial charge in [-0.1, -0.05) is 29.8 Å². The van der Waals surface area contributed by atoms with Crippen molar-refractivity contribution < 1.29 is 14.3 Å². The third kappa shape index (κ3) is 4.26. The molecule has 1 N–H and O–H groups in total. The Morgan fingerprint density at radius 2 is 1.73 bits per heavy atom. The summed E-state index contributed by atoms with van der Waals surface area (Å²) in [5.74, 6) is -1.07. The smallest absolute Gasteiger partial charge is 0.340 e. The Kier molecular flexibility index (Phi) is 6.03. The summed E-state index contributed by atoms with van der Waals surface area (Å²) in [5.41, 5.74) is 4.86. The first-order valence-corrected chi connectivity index (χ1v) is 9.58. The van der Waals surface area contributed by atoms with Crippen molar-refractivity contribution in [1.82, 2.24) is 4.57 Å². The maximum Gasteiger partial charge on any atom is 0.340 e. The minimum absolute atomic E-state index is 0.339. The number of para-hydroxylation sites is 1. The zero-order valence-electron chi connectivity index (χ0n) is 17.4. The van der Waals surface area contributed by atoms with E-state index < -0.39 is 18.0 Å². The lowest BCUT2D eigenvalue weighted by Crippen LogP contribution is -2.30. The molecule has 0 aliphatic carbocycles. The second kappa shape index (κ2) is 8.66. The van der Waals surface area contributed by atoms with Gasteiger partial charge in [-0.2, -0.15) is 5.26 Å². The molecule has 6 nitrogen and oxygen atoms in total. The van der Waals surface area contributed by atoms with Crippen molar-refractivity contribution in [3.05, 3.63) is 82.7 Å². The summed E-state index contributed by atoms with van der Waals surface area (Å²) >= 11 is 0. The number of rotatable bonds is 5. The highest BCUT2D eigenvalue weighted by molar-refractivity contribution is 5.98. The summed E-state index contributed by atoms with van der Waals surface area (Å²) < 4.78 is 7.38. The van der Waals surface area contributed by atoms with Crippen LogP contribution in [0.1, 0.15) is 39.8 Å². The van der Waals surface area contributed by atoms with E-state index in [1.165, 1.54) is 6.92 Å². The molecule has 0 spiro atoms. The number of amides is 1. The summed E-state index contributed by atoms with van der Waals surface area (Å²) in [4.78, 5) is 25.2. The van der Waals surface area contributed by atoms with Crippen molar-refractivity contribution in [2.75, 3.05) is 5.32 Å². The van der Waals surface area contributed by atoms with Crippen LogP contribution in [-0.4, -0.2) is 22.5 Å². The molecular formula is C24H23N3O3. The molecule has 1 unspecified atom stereocenters. The highest BCUT2D eigenvalue weighted by Gasteiger charge is 2.23. The molecular weight excluding hydrogens is 378 g/mol. The number of nitriles is 1. The number of nitrogens with one attached hydrogen (secondary N) is 1. The van der Waals surface area contributed by atoms with Crippen molar-refractivity contribution >= 4 is 17.6 Å². The Morgan fingerprint density at radius 3 is 2.40 bits per heavy atom. The highest BCUT2D eigenvalue weighted by atomic mass is 16.5. The fraction of sp³-hybridized carbons (Fsp3) is 0.208. The van der Waals surface area contributed by atoms with Gasteiger partial charge in [0.05, 0.1) is 16.8 Å². The van der Waals surface area contributed by atoms with E-state index in [1.807, 2.05) is 55.7 Å². The van der Waals surface area contributed by atoms with Crippen LogP contribution in [0.15, 0.2) is 54.6 Å². The average molecular weight is 401 g/mol. The third-order valence-corrected chi connectivity index (χ3v) is 4.90. The third-order valence-electron chi connectivity index (χ3n) is 4.90. The Hall–Kier alpha value is -3.85. The number of nitrogens with zero attached hydrogens (tertiary/aromatic N) is 2. The Labute approximate surface area is 175 Å². The van der Waals surface area contributed by atoms with Crippen molar-refractivity contribution in [1.29, 1.82) is 5.26 Å². The molecule has 0 saturated carbocycles. The van der Waals surface area contributed by atoms with Gasteiger partial charge >= 0.3 is 5.97 Å². The highest BCUT2D eigenvalue weighted by Crippen LogP contribution is 2.22. The number of carbonyl (C=O) groups is 2. The molecule has 1 aromatic heterocycles. The summed E-state index contributed by atoms with van der Waals surface area (Å²) in [6.07, 6.45) is -1.02. The summed E-state index contributed by atoms with van der Waals surface area (Å²) in [7, 11) is 0. The minimum atomic E-state index is -1.02. The molecule has 2 aromatic carbocycles. The van der Waals surface area contributed by atoms with Crippen molar-refractivity contribution in [3.63, 3.8) is 0 Å². The molecule has 0 fully saturated rings.